The number of rotatable bonds is 5. The highest BCUT2D eigenvalue weighted by Gasteiger charge is 2.19. The van der Waals surface area contributed by atoms with Crippen molar-refractivity contribution in [2.75, 3.05) is 11.5 Å². The number of aromatic nitrogens is 3. The van der Waals surface area contributed by atoms with E-state index in [4.69, 9.17) is 0 Å². The number of hydrogen-bond acceptors (Lipinski definition) is 5. The topological polar surface area (TPSA) is 59.8 Å². The Morgan fingerprint density at radius 1 is 1.11 bits per heavy atom. The molecule has 2 heterocycles. The summed E-state index contributed by atoms with van der Waals surface area (Å²) in [7, 11) is 0. The van der Waals surface area contributed by atoms with Gasteiger partial charge in [-0.25, -0.2) is 9.67 Å². The van der Waals surface area contributed by atoms with E-state index in [0.717, 1.165) is 11.3 Å². The number of carbonyl (C=O) groups excluding carboxylic acids is 1. The normalized spacial score (nSPS) is 15.6. The second kappa shape index (κ2) is 8.19. The van der Waals surface area contributed by atoms with Crippen LogP contribution in [0.1, 0.15) is 39.0 Å². The van der Waals surface area contributed by atoms with Gasteiger partial charge >= 0.3 is 0 Å². The number of carbonyl (C=O) groups is 1. The molecule has 27 heavy (non-hydrogen) atoms. The third-order valence-corrected chi connectivity index (χ3v) is 7.60. The molecular formula is C20H20N4OS2. The van der Waals surface area contributed by atoms with Crippen LogP contribution in [0.2, 0.25) is 0 Å². The van der Waals surface area contributed by atoms with Crippen LogP contribution in [0.4, 0.5) is 0 Å². The van der Waals surface area contributed by atoms with Gasteiger partial charge in [-0.05, 0) is 42.3 Å². The summed E-state index contributed by atoms with van der Waals surface area (Å²) in [6, 6.07) is 15.8. The molecule has 1 aliphatic rings. The fourth-order valence-corrected chi connectivity index (χ4v) is 5.82. The molecule has 0 bridgehead atoms. The number of hydrogen-bond donors (Lipinski definition) is 1. The number of nitrogens with one attached hydrogen (secondary N) is 1. The minimum atomic E-state index is -0.0806. The average molecular weight is 397 g/mol. The summed E-state index contributed by atoms with van der Waals surface area (Å²) in [6.45, 7) is 1.99. The maximum absolute atomic E-state index is 12.6. The van der Waals surface area contributed by atoms with Crippen LogP contribution in [0.5, 0.6) is 0 Å². The van der Waals surface area contributed by atoms with Gasteiger partial charge in [-0.3, -0.25) is 4.79 Å². The largest absolute Gasteiger partial charge is 0.346 e. The first-order valence-corrected chi connectivity index (χ1v) is 10.9. The van der Waals surface area contributed by atoms with Crippen LogP contribution >= 0.6 is 23.5 Å². The Morgan fingerprint density at radius 3 is 2.44 bits per heavy atom. The van der Waals surface area contributed by atoms with Gasteiger partial charge in [-0.15, -0.1) is 23.5 Å². The molecule has 0 saturated carbocycles. The average Bonchev–Trinajstić information content (AvgIpc) is 3.42. The fourth-order valence-electron chi connectivity index (χ4n) is 2.96. The standard InChI is InChI=1S/C20H20N4OS2/c1-14(15-6-8-18(9-7-15)24-13-21-12-22-24)23-19(25)16-2-4-17(5-3-16)20-26-10-11-27-20/h2-9,12-14,20H,10-11H2,1H3,(H,23,25). The van der Waals surface area contributed by atoms with E-state index >= 15 is 0 Å². The van der Waals surface area contributed by atoms with Crippen molar-refractivity contribution < 1.29 is 4.79 Å². The molecule has 0 aliphatic carbocycles. The van der Waals surface area contributed by atoms with Gasteiger partial charge in [0.25, 0.3) is 5.91 Å². The lowest BCUT2D eigenvalue weighted by molar-refractivity contribution is 0.0940. The molecule has 3 aromatic rings. The van der Waals surface area contributed by atoms with E-state index in [-0.39, 0.29) is 11.9 Å². The highest BCUT2D eigenvalue weighted by molar-refractivity contribution is 8.19. The molecule has 1 N–H and O–H groups in total. The smallest absolute Gasteiger partial charge is 0.251 e. The lowest BCUT2D eigenvalue weighted by Gasteiger charge is -2.15. The zero-order chi connectivity index (χ0) is 18.6. The van der Waals surface area contributed by atoms with E-state index < -0.39 is 0 Å². The van der Waals surface area contributed by atoms with Gasteiger partial charge in [0.2, 0.25) is 0 Å². The van der Waals surface area contributed by atoms with Crippen LogP contribution in [0.25, 0.3) is 5.69 Å². The summed E-state index contributed by atoms with van der Waals surface area (Å²) in [5, 5.41) is 7.19. The maximum Gasteiger partial charge on any atom is 0.251 e. The zero-order valence-corrected chi connectivity index (χ0v) is 16.5. The van der Waals surface area contributed by atoms with Crippen molar-refractivity contribution in [1.82, 2.24) is 20.1 Å². The summed E-state index contributed by atoms with van der Waals surface area (Å²) in [4.78, 5) is 16.5. The minimum Gasteiger partial charge on any atom is -0.346 e. The van der Waals surface area contributed by atoms with E-state index in [1.165, 1.54) is 23.4 Å². The lowest BCUT2D eigenvalue weighted by atomic mass is 10.1. The Balaban J connectivity index is 1.39. The van der Waals surface area contributed by atoms with E-state index in [1.807, 2.05) is 66.8 Å². The van der Waals surface area contributed by atoms with E-state index in [2.05, 4.69) is 27.5 Å². The zero-order valence-electron chi connectivity index (χ0n) is 14.9. The highest BCUT2D eigenvalue weighted by Crippen LogP contribution is 2.45. The molecule has 7 heteroatoms. The molecular weight excluding hydrogens is 376 g/mol. The molecule has 5 nitrogen and oxygen atoms in total. The van der Waals surface area contributed by atoms with Crippen LogP contribution in [-0.4, -0.2) is 32.2 Å². The lowest BCUT2D eigenvalue weighted by Crippen LogP contribution is -2.26. The van der Waals surface area contributed by atoms with Crippen molar-refractivity contribution in [1.29, 1.82) is 0 Å². The number of thioether (sulfide) groups is 2. The molecule has 0 spiro atoms. The quantitative estimate of drug-likeness (QED) is 0.699. The molecule has 1 aromatic heterocycles. The Bertz CT molecular complexity index is 889. The third kappa shape index (κ3) is 4.20. The van der Waals surface area contributed by atoms with Crippen molar-refractivity contribution >= 4 is 29.4 Å². The monoisotopic (exact) mass is 396 g/mol. The molecule has 1 fully saturated rings. The van der Waals surface area contributed by atoms with Gasteiger partial charge in [-0.2, -0.15) is 5.10 Å². The molecule has 1 saturated heterocycles. The minimum absolute atomic E-state index is 0.0545. The van der Waals surface area contributed by atoms with Crippen LogP contribution in [0.15, 0.2) is 61.2 Å². The molecule has 1 amide bonds. The van der Waals surface area contributed by atoms with Gasteiger partial charge in [0.15, 0.2) is 0 Å². The Morgan fingerprint density at radius 2 is 1.81 bits per heavy atom. The summed E-state index contributed by atoms with van der Waals surface area (Å²) < 4.78 is 2.21. The van der Waals surface area contributed by atoms with Gasteiger partial charge in [0.1, 0.15) is 12.7 Å². The molecule has 1 aliphatic heterocycles. The van der Waals surface area contributed by atoms with E-state index in [1.54, 1.807) is 11.0 Å². The van der Waals surface area contributed by atoms with Crippen LogP contribution in [-0.2, 0) is 0 Å². The van der Waals surface area contributed by atoms with E-state index in [0.29, 0.717) is 10.1 Å². The second-order valence-corrected chi connectivity index (χ2v) is 9.05. The number of benzene rings is 2. The van der Waals surface area contributed by atoms with Gasteiger partial charge in [0, 0.05) is 17.1 Å². The van der Waals surface area contributed by atoms with Crippen LogP contribution < -0.4 is 5.32 Å². The van der Waals surface area contributed by atoms with Crippen molar-refractivity contribution in [2.24, 2.45) is 0 Å². The molecule has 4 rings (SSSR count). The second-order valence-electron chi connectivity index (χ2n) is 6.32. The van der Waals surface area contributed by atoms with Crippen molar-refractivity contribution in [3.8, 4) is 5.69 Å². The Hall–Kier alpha value is -2.25. The van der Waals surface area contributed by atoms with Crippen molar-refractivity contribution in [3.63, 3.8) is 0 Å². The van der Waals surface area contributed by atoms with Crippen molar-refractivity contribution in [2.45, 2.75) is 17.5 Å². The first-order valence-electron chi connectivity index (χ1n) is 8.80. The van der Waals surface area contributed by atoms with Gasteiger partial charge in [-0.1, -0.05) is 24.3 Å². The summed E-state index contributed by atoms with van der Waals surface area (Å²) in [6.07, 6.45) is 3.17. The summed E-state index contributed by atoms with van der Waals surface area (Å²) in [5.41, 5.74) is 3.96. The summed E-state index contributed by atoms with van der Waals surface area (Å²) >= 11 is 3.94. The predicted molar refractivity (Wildman–Crippen MR) is 111 cm³/mol. The first kappa shape index (κ1) is 18.1. The first-order chi connectivity index (χ1) is 13.2. The van der Waals surface area contributed by atoms with Crippen molar-refractivity contribution in [3.05, 3.63) is 77.9 Å². The third-order valence-electron chi connectivity index (χ3n) is 4.49. The fraction of sp³-hybridized carbons (Fsp3) is 0.250. The molecule has 1 atom stereocenters. The van der Waals surface area contributed by atoms with Crippen LogP contribution in [0, 0.1) is 0 Å². The Kier molecular flexibility index (Phi) is 5.50. The molecule has 0 radical (unpaired) electrons. The highest BCUT2D eigenvalue weighted by atomic mass is 32.2. The maximum atomic E-state index is 12.6. The Labute approximate surface area is 167 Å². The van der Waals surface area contributed by atoms with Gasteiger partial charge in [0.05, 0.1) is 16.3 Å². The van der Waals surface area contributed by atoms with Gasteiger partial charge < -0.3 is 5.32 Å². The predicted octanol–water partition coefficient (Wildman–Crippen LogP) is 4.24. The number of amides is 1. The molecule has 1 unspecified atom stereocenters. The summed E-state index contributed by atoms with van der Waals surface area (Å²) in [5.74, 6) is 2.34. The molecule has 2 aromatic carbocycles. The molecule has 138 valence electrons. The number of nitrogens with zero attached hydrogens (tertiary/aromatic N) is 3. The van der Waals surface area contributed by atoms with Crippen LogP contribution in [0.3, 0.4) is 0 Å². The SMILES string of the molecule is CC(NC(=O)c1ccc(C2SCCS2)cc1)c1ccc(-n2cncn2)cc1. The van der Waals surface area contributed by atoms with E-state index in [9.17, 15) is 4.79 Å².